The molecule has 0 aromatic heterocycles. The van der Waals surface area contributed by atoms with Crippen LogP contribution in [0.3, 0.4) is 0 Å². The predicted octanol–water partition coefficient (Wildman–Crippen LogP) is 0.957. The Morgan fingerprint density at radius 3 is 2.18 bits per heavy atom. The average Bonchev–Trinajstić information content (AvgIpc) is 1.86. The van der Waals surface area contributed by atoms with Crippen LogP contribution in [-0.2, 0) is 0 Å². The first-order chi connectivity index (χ1) is 5.00. The molecule has 0 unspecified atom stereocenters. The minimum atomic E-state index is 0.0792. The van der Waals surface area contributed by atoms with Crippen LogP contribution in [0.15, 0.2) is 24.3 Å². The first kappa shape index (κ1) is 8.08. The van der Waals surface area contributed by atoms with E-state index in [0.717, 1.165) is 5.69 Å². The summed E-state index contributed by atoms with van der Waals surface area (Å²) in [5.41, 5.74) is 1.04. The monoisotopic (exact) mass is 151 g/mol. The lowest BCUT2D eigenvalue weighted by Gasteiger charge is -2.24. The van der Waals surface area contributed by atoms with Gasteiger partial charge in [0.05, 0.1) is 21.1 Å². The van der Waals surface area contributed by atoms with Crippen molar-refractivity contribution >= 4 is 5.69 Å². The summed E-state index contributed by atoms with van der Waals surface area (Å²) in [5.74, 6) is 0.0792. The van der Waals surface area contributed by atoms with Crippen molar-refractivity contribution < 1.29 is 5.11 Å². The van der Waals surface area contributed by atoms with Gasteiger partial charge in [0.25, 0.3) is 0 Å². The molecule has 1 aromatic rings. The van der Waals surface area contributed by atoms with Crippen molar-refractivity contribution in [2.24, 2.45) is 0 Å². The summed E-state index contributed by atoms with van der Waals surface area (Å²) >= 11 is 0. The lowest BCUT2D eigenvalue weighted by molar-refractivity contribution is -0.268. The van der Waals surface area contributed by atoms with Crippen LogP contribution in [-0.4, -0.2) is 21.1 Å². The number of quaternary nitrogens is 1. The van der Waals surface area contributed by atoms with Gasteiger partial charge in [-0.25, -0.2) is 0 Å². The molecule has 0 saturated carbocycles. The fourth-order valence-corrected chi connectivity index (χ4v) is 0.901. The number of hydrogen-bond acceptors (Lipinski definition) is 1. The molecule has 11 heavy (non-hydrogen) atoms. The van der Waals surface area contributed by atoms with E-state index in [-0.39, 0.29) is 5.75 Å². The summed E-state index contributed by atoms with van der Waals surface area (Å²) in [6, 6.07) is 6.99. The van der Waals surface area contributed by atoms with E-state index in [0.29, 0.717) is 4.48 Å². The van der Waals surface area contributed by atoms with Crippen LogP contribution in [0.2, 0.25) is 0 Å². The Labute approximate surface area is 67.3 Å². The molecule has 0 bridgehead atoms. The third-order valence-corrected chi connectivity index (χ3v) is 1.59. The van der Waals surface area contributed by atoms with Crippen LogP contribution in [0.5, 0.6) is 5.75 Å². The van der Waals surface area contributed by atoms with E-state index in [1.165, 1.54) is 0 Å². The second-order valence-corrected chi connectivity index (χ2v) is 3.51. The Balaban J connectivity index is 3.06. The van der Waals surface area contributed by atoms with Gasteiger partial charge in [0, 0.05) is 0 Å². The van der Waals surface area contributed by atoms with E-state index in [1.54, 1.807) is 18.2 Å². The lowest BCUT2D eigenvalue weighted by atomic mass is 10.2. The van der Waals surface area contributed by atoms with Crippen molar-refractivity contribution in [2.75, 3.05) is 21.1 Å². The minimum absolute atomic E-state index is 0.0792. The zero-order chi connectivity index (χ0) is 8.48. The minimum Gasteiger partial charge on any atom is -0.872 e. The Bertz CT molecular complexity index is 250. The molecule has 0 heterocycles. The molecule has 0 aliphatic heterocycles. The second kappa shape index (κ2) is 2.55. The zero-order valence-electron chi connectivity index (χ0n) is 7.16. The van der Waals surface area contributed by atoms with Crippen LogP contribution >= 0.6 is 0 Å². The molecule has 0 aliphatic rings. The molecule has 1 rings (SSSR count). The van der Waals surface area contributed by atoms with Gasteiger partial charge in [-0.2, -0.15) is 0 Å². The van der Waals surface area contributed by atoms with E-state index in [2.05, 4.69) is 0 Å². The molecule has 0 radical (unpaired) electrons. The van der Waals surface area contributed by atoms with Gasteiger partial charge in [-0.1, -0.05) is 12.1 Å². The van der Waals surface area contributed by atoms with Gasteiger partial charge in [-0.05, 0) is 12.1 Å². The highest BCUT2D eigenvalue weighted by molar-refractivity contribution is 5.45. The topological polar surface area (TPSA) is 23.1 Å². The van der Waals surface area contributed by atoms with Crippen molar-refractivity contribution in [3.05, 3.63) is 24.3 Å². The first-order valence-electron chi connectivity index (χ1n) is 3.59. The number of nitrogens with zero attached hydrogens (tertiary/aromatic N) is 1. The van der Waals surface area contributed by atoms with Gasteiger partial charge in [0.15, 0.2) is 0 Å². The number of rotatable bonds is 1. The van der Waals surface area contributed by atoms with Crippen molar-refractivity contribution in [2.45, 2.75) is 0 Å². The summed E-state index contributed by atoms with van der Waals surface area (Å²) < 4.78 is 0.691. The summed E-state index contributed by atoms with van der Waals surface area (Å²) in [6.07, 6.45) is 0. The third kappa shape index (κ3) is 1.95. The maximum atomic E-state index is 10.9. The molecule has 0 amide bonds. The predicted molar refractivity (Wildman–Crippen MR) is 45.5 cm³/mol. The zero-order valence-corrected chi connectivity index (χ0v) is 7.16. The Kier molecular flexibility index (Phi) is 1.87. The Morgan fingerprint density at radius 2 is 1.82 bits per heavy atom. The smallest absolute Gasteiger partial charge is 0.131 e. The van der Waals surface area contributed by atoms with E-state index in [1.807, 2.05) is 27.2 Å². The summed E-state index contributed by atoms with van der Waals surface area (Å²) in [4.78, 5) is 0. The fraction of sp³-hybridized carbons (Fsp3) is 0.333. The second-order valence-electron chi connectivity index (χ2n) is 3.51. The molecule has 0 saturated heterocycles. The molecule has 1 aromatic carbocycles. The Morgan fingerprint density at radius 1 is 1.18 bits per heavy atom. The number of benzene rings is 1. The van der Waals surface area contributed by atoms with Crippen LogP contribution in [0.4, 0.5) is 5.69 Å². The molecule has 0 atom stereocenters. The maximum Gasteiger partial charge on any atom is 0.131 e. The molecule has 60 valence electrons. The normalized spacial score (nSPS) is 11.5. The van der Waals surface area contributed by atoms with Gasteiger partial charge in [-0.3, -0.25) is 4.48 Å². The highest BCUT2D eigenvalue weighted by Gasteiger charge is 2.09. The molecule has 0 aliphatic carbocycles. The molecular formula is C9H13NO. The molecule has 0 N–H and O–H groups in total. The van der Waals surface area contributed by atoms with E-state index in [9.17, 15) is 5.11 Å². The molecule has 2 nitrogen and oxygen atoms in total. The summed E-state index contributed by atoms with van der Waals surface area (Å²) in [5, 5.41) is 10.9. The fourth-order valence-electron chi connectivity index (χ4n) is 0.901. The van der Waals surface area contributed by atoms with Crippen molar-refractivity contribution in [1.82, 2.24) is 4.48 Å². The van der Waals surface area contributed by atoms with E-state index in [4.69, 9.17) is 0 Å². The lowest BCUT2D eigenvalue weighted by Crippen LogP contribution is -2.34. The molecule has 0 spiro atoms. The molecular weight excluding hydrogens is 138 g/mol. The van der Waals surface area contributed by atoms with E-state index >= 15 is 0 Å². The number of hydrogen-bond donors (Lipinski definition) is 0. The average molecular weight is 151 g/mol. The van der Waals surface area contributed by atoms with Gasteiger partial charge in [-0.15, -0.1) is 5.75 Å². The highest BCUT2D eigenvalue weighted by Crippen LogP contribution is 2.19. The van der Waals surface area contributed by atoms with E-state index < -0.39 is 0 Å². The van der Waals surface area contributed by atoms with Crippen LogP contribution in [0.1, 0.15) is 0 Å². The van der Waals surface area contributed by atoms with Gasteiger partial charge >= 0.3 is 0 Å². The van der Waals surface area contributed by atoms with Gasteiger partial charge < -0.3 is 5.11 Å². The molecule has 0 fully saturated rings. The standard InChI is InChI=1S/C9H13NO/c1-10(2,3)8-5-4-6-9(11)7-8/h4-7H,1-3H3. The van der Waals surface area contributed by atoms with Crippen molar-refractivity contribution in [1.29, 1.82) is 0 Å². The first-order valence-corrected chi connectivity index (χ1v) is 3.59. The largest absolute Gasteiger partial charge is 0.872 e. The van der Waals surface area contributed by atoms with Crippen LogP contribution in [0, 0.1) is 0 Å². The Hall–Kier alpha value is -1.02. The quantitative estimate of drug-likeness (QED) is 0.548. The van der Waals surface area contributed by atoms with Gasteiger partial charge in [0.2, 0.25) is 0 Å². The third-order valence-electron chi connectivity index (χ3n) is 1.59. The van der Waals surface area contributed by atoms with Crippen molar-refractivity contribution in [3.8, 4) is 5.75 Å². The van der Waals surface area contributed by atoms with Crippen LogP contribution in [0.25, 0.3) is 0 Å². The van der Waals surface area contributed by atoms with Crippen molar-refractivity contribution in [3.63, 3.8) is 0 Å². The summed E-state index contributed by atoms with van der Waals surface area (Å²) in [7, 11) is 6.11. The maximum absolute atomic E-state index is 10.9. The SMILES string of the molecule is C[N+](C)(C)c1cccc([O-])c1. The van der Waals surface area contributed by atoms with Gasteiger partial charge in [0.1, 0.15) is 5.69 Å². The molecule has 2 heteroatoms. The highest BCUT2D eigenvalue weighted by atomic mass is 16.3. The van der Waals surface area contributed by atoms with Crippen LogP contribution < -0.4 is 9.59 Å². The summed E-state index contributed by atoms with van der Waals surface area (Å²) in [6.45, 7) is 0.